The van der Waals surface area contributed by atoms with Gasteiger partial charge in [-0.05, 0) is 43.9 Å². The minimum Gasteiger partial charge on any atom is -0.376 e. The highest BCUT2D eigenvalue weighted by molar-refractivity contribution is 7.22. The van der Waals surface area contributed by atoms with Gasteiger partial charge in [0.05, 0.1) is 22.9 Å². The molecule has 0 spiro atoms. The minimum atomic E-state index is -0.116. The van der Waals surface area contributed by atoms with Crippen molar-refractivity contribution in [2.45, 2.75) is 45.8 Å². The Balaban J connectivity index is 1.71. The average molecular weight is 385 g/mol. The Kier molecular flexibility index (Phi) is 5.22. The Bertz CT molecular complexity index is 943. The Morgan fingerprint density at radius 1 is 1.37 bits per heavy atom. The molecule has 1 atom stereocenters. The first-order valence-electron chi connectivity index (χ1n) is 9.55. The van der Waals surface area contributed by atoms with Crippen molar-refractivity contribution in [3.63, 3.8) is 0 Å². The van der Waals surface area contributed by atoms with Gasteiger partial charge in [-0.3, -0.25) is 14.4 Å². The first-order valence-corrected chi connectivity index (χ1v) is 10.4. The number of aryl methyl sites for hydroxylation is 2. The predicted octanol–water partition coefficient (Wildman–Crippen LogP) is 3.90. The monoisotopic (exact) mass is 384 g/mol. The molecule has 2 aromatic heterocycles. The second-order valence-corrected chi connectivity index (χ2v) is 7.73. The van der Waals surface area contributed by atoms with Crippen molar-refractivity contribution >= 4 is 32.6 Å². The third kappa shape index (κ3) is 3.61. The van der Waals surface area contributed by atoms with E-state index in [1.54, 1.807) is 27.0 Å². The molecule has 7 heteroatoms. The standard InChI is InChI=1S/C20H24N4O2S/c1-3-14-7-5-9-17-18(14)21-20(27-17)24(13-15-8-6-12-26-15)19(25)16-10-11-23(4-2)22-16/h5,7,9-11,15H,3-4,6,8,12-13H2,1-2H3. The molecule has 3 heterocycles. The summed E-state index contributed by atoms with van der Waals surface area (Å²) in [5.41, 5.74) is 2.64. The van der Waals surface area contributed by atoms with Crippen LogP contribution in [0.4, 0.5) is 5.13 Å². The number of aromatic nitrogens is 3. The Morgan fingerprint density at radius 3 is 2.96 bits per heavy atom. The fourth-order valence-corrected chi connectivity index (χ4v) is 4.45. The van der Waals surface area contributed by atoms with Crippen molar-refractivity contribution in [1.29, 1.82) is 0 Å². The third-order valence-electron chi connectivity index (χ3n) is 4.94. The summed E-state index contributed by atoms with van der Waals surface area (Å²) in [7, 11) is 0. The number of nitrogens with zero attached hydrogens (tertiary/aromatic N) is 4. The number of hydrogen-bond acceptors (Lipinski definition) is 5. The molecule has 1 saturated heterocycles. The molecule has 3 aromatic rings. The second-order valence-electron chi connectivity index (χ2n) is 6.72. The van der Waals surface area contributed by atoms with E-state index in [-0.39, 0.29) is 12.0 Å². The maximum Gasteiger partial charge on any atom is 0.280 e. The highest BCUT2D eigenvalue weighted by atomic mass is 32.1. The summed E-state index contributed by atoms with van der Waals surface area (Å²) < 4.78 is 8.67. The molecule has 0 N–H and O–H groups in total. The average Bonchev–Trinajstić information content (AvgIpc) is 3.45. The molecular weight excluding hydrogens is 360 g/mol. The van der Waals surface area contributed by atoms with Crippen LogP contribution in [0.25, 0.3) is 10.2 Å². The second kappa shape index (κ2) is 7.78. The van der Waals surface area contributed by atoms with E-state index in [1.165, 1.54) is 5.56 Å². The number of amides is 1. The Hall–Kier alpha value is -2.25. The Labute approximate surface area is 162 Å². The van der Waals surface area contributed by atoms with Crippen molar-refractivity contribution in [2.75, 3.05) is 18.1 Å². The number of thiazole rings is 1. The van der Waals surface area contributed by atoms with Gasteiger partial charge in [0, 0.05) is 19.3 Å². The summed E-state index contributed by atoms with van der Waals surface area (Å²) in [6.45, 7) is 6.14. The van der Waals surface area contributed by atoms with Crippen LogP contribution in [0.2, 0.25) is 0 Å². The zero-order valence-corrected chi connectivity index (χ0v) is 16.5. The molecule has 6 nitrogen and oxygen atoms in total. The number of ether oxygens (including phenoxy) is 1. The molecule has 27 heavy (non-hydrogen) atoms. The fourth-order valence-electron chi connectivity index (χ4n) is 3.42. The summed E-state index contributed by atoms with van der Waals surface area (Å²) in [5, 5.41) is 5.12. The zero-order chi connectivity index (χ0) is 18.8. The lowest BCUT2D eigenvalue weighted by molar-refractivity contribution is 0.0912. The van der Waals surface area contributed by atoms with Crippen LogP contribution in [-0.4, -0.2) is 39.9 Å². The maximum absolute atomic E-state index is 13.3. The molecule has 1 fully saturated rings. The van der Waals surface area contributed by atoms with E-state index >= 15 is 0 Å². The van der Waals surface area contributed by atoms with Crippen LogP contribution in [-0.2, 0) is 17.7 Å². The SMILES string of the molecule is CCc1cccc2sc(N(CC3CCCO3)C(=O)c3ccn(CC)n3)nc12. The van der Waals surface area contributed by atoms with E-state index in [9.17, 15) is 4.79 Å². The van der Waals surface area contributed by atoms with E-state index < -0.39 is 0 Å². The first-order chi connectivity index (χ1) is 13.2. The van der Waals surface area contributed by atoms with Crippen LogP contribution in [0.15, 0.2) is 30.5 Å². The van der Waals surface area contributed by atoms with Crippen LogP contribution < -0.4 is 4.90 Å². The highest BCUT2D eigenvalue weighted by Gasteiger charge is 2.28. The fraction of sp³-hybridized carbons (Fsp3) is 0.450. The van der Waals surface area contributed by atoms with Gasteiger partial charge < -0.3 is 4.74 Å². The van der Waals surface area contributed by atoms with Gasteiger partial charge in [-0.15, -0.1) is 0 Å². The lowest BCUT2D eigenvalue weighted by atomic mass is 10.1. The van der Waals surface area contributed by atoms with Gasteiger partial charge in [0.2, 0.25) is 0 Å². The molecule has 0 bridgehead atoms. The van der Waals surface area contributed by atoms with Crippen molar-refractivity contribution in [2.24, 2.45) is 0 Å². The van der Waals surface area contributed by atoms with Gasteiger partial charge in [-0.1, -0.05) is 30.4 Å². The highest BCUT2D eigenvalue weighted by Crippen LogP contribution is 2.32. The smallest absolute Gasteiger partial charge is 0.280 e. The number of fused-ring (bicyclic) bond motifs is 1. The van der Waals surface area contributed by atoms with Gasteiger partial charge in [0.25, 0.3) is 5.91 Å². The first kappa shape index (κ1) is 18.1. The van der Waals surface area contributed by atoms with Crippen LogP contribution in [0.1, 0.15) is 42.7 Å². The van der Waals surface area contributed by atoms with Gasteiger partial charge >= 0.3 is 0 Å². The molecular formula is C20H24N4O2S. The van der Waals surface area contributed by atoms with E-state index in [0.29, 0.717) is 12.2 Å². The van der Waals surface area contributed by atoms with Gasteiger partial charge in [-0.25, -0.2) is 4.98 Å². The molecule has 1 amide bonds. The topological polar surface area (TPSA) is 60.2 Å². The summed E-state index contributed by atoms with van der Waals surface area (Å²) in [6, 6.07) is 7.99. The normalized spacial score (nSPS) is 16.9. The van der Waals surface area contributed by atoms with E-state index in [0.717, 1.165) is 47.8 Å². The van der Waals surface area contributed by atoms with Crippen LogP contribution in [0.5, 0.6) is 0 Å². The molecule has 1 aliphatic rings. The summed E-state index contributed by atoms with van der Waals surface area (Å²) >= 11 is 1.56. The van der Waals surface area contributed by atoms with Gasteiger partial charge in [0.15, 0.2) is 10.8 Å². The third-order valence-corrected chi connectivity index (χ3v) is 5.99. The number of anilines is 1. The molecule has 4 rings (SSSR count). The van der Waals surface area contributed by atoms with Gasteiger partial charge in [-0.2, -0.15) is 5.10 Å². The lowest BCUT2D eigenvalue weighted by Gasteiger charge is -2.22. The molecule has 1 unspecified atom stereocenters. The van der Waals surface area contributed by atoms with Crippen molar-refractivity contribution in [3.05, 3.63) is 41.7 Å². The van der Waals surface area contributed by atoms with E-state index in [4.69, 9.17) is 9.72 Å². The van der Waals surface area contributed by atoms with E-state index in [1.807, 2.05) is 13.1 Å². The summed E-state index contributed by atoms with van der Waals surface area (Å²) in [4.78, 5) is 19.8. The number of carbonyl (C=O) groups excluding carboxylic acids is 1. The molecule has 0 radical (unpaired) electrons. The zero-order valence-electron chi connectivity index (χ0n) is 15.7. The largest absolute Gasteiger partial charge is 0.376 e. The number of para-hydroxylation sites is 1. The minimum absolute atomic E-state index is 0.0554. The van der Waals surface area contributed by atoms with E-state index in [2.05, 4.69) is 30.2 Å². The molecule has 1 aliphatic heterocycles. The lowest BCUT2D eigenvalue weighted by Crippen LogP contribution is -2.37. The molecule has 1 aromatic carbocycles. The number of hydrogen-bond donors (Lipinski definition) is 0. The number of benzene rings is 1. The molecule has 0 aliphatic carbocycles. The van der Waals surface area contributed by atoms with Gasteiger partial charge in [0.1, 0.15) is 0 Å². The number of carbonyl (C=O) groups is 1. The quantitative estimate of drug-likeness (QED) is 0.647. The molecule has 0 saturated carbocycles. The summed E-state index contributed by atoms with van der Waals surface area (Å²) in [5.74, 6) is -0.116. The van der Waals surface area contributed by atoms with Crippen molar-refractivity contribution in [3.8, 4) is 0 Å². The molecule has 142 valence electrons. The van der Waals surface area contributed by atoms with Crippen LogP contribution >= 0.6 is 11.3 Å². The number of rotatable bonds is 6. The maximum atomic E-state index is 13.3. The van der Waals surface area contributed by atoms with Crippen molar-refractivity contribution < 1.29 is 9.53 Å². The summed E-state index contributed by atoms with van der Waals surface area (Å²) in [6.07, 6.45) is 4.82. The Morgan fingerprint density at radius 2 is 2.26 bits per heavy atom. The van der Waals surface area contributed by atoms with Crippen LogP contribution in [0.3, 0.4) is 0 Å². The predicted molar refractivity (Wildman–Crippen MR) is 108 cm³/mol. The van der Waals surface area contributed by atoms with Crippen LogP contribution in [0, 0.1) is 0 Å². The van der Waals surface area contributed by atoms with Crippen molar-refractivity contribution in [1.82, 2.24) is 14.8 Å².